The van der Waals surface area contributed by atoms with Crippen molar-refractivity contribution in [1.82, 2.24) is 15.1 Å². The second-order valence-electron chi connectivity index (χ2n) is 6.56. The fourth-order valence-corrected chi connectivity index (χ4v) is 4.06. The monoisotopic (exact) mass is 367 g/mol. The Kier molecular flexibility index (Phi) is 5.89. The molecule has 3 rings (SSSR count). The molecule has 0 radical (unpaired) electrons. The fraction of sp³-hybridized carbons (Fsp3) is 0.333. The van der Waals surface area contributed by atoms with Gasteiger partial charge in [0.15, 0.2) is 0 Å². The topological polar surface area (TPSA) is 46.9 Å². The number of aryl methyl sites for hydroxylation is 2. The van der Waals surface area contributed by atoms with Gasteiger partial charge in [-0.25, -0.2) is 0 Å². The Morgan fingerprint density at radius 1 is 1.19 bits per heavy atom. The summed E-state index contributed by atoms with van der Waals surface area (Å²) in [5.41, 5.74) is 4.33. The molecular weight excluding hydrogens is 342 g/mol. The summed E-state index contributed by atoms with van der Waals surface area (Å²) in [4.78, 5) is 12.8. The lowest BCUT2D eigenvalue weighted by atomic mass is 9.95. The summed E-state index contributed by atoms with van der Waals surface area (Å²) in [6.45, 7) is 6.63. The number of nitrogens with one attached hydrogen (secondary N) is 1. The SMILES string of the molecule is CC[C@@H](C(=O)NC[C@@H](c1ccsc1)n1nc(C)cc1C)c1ccccc1. The van der Waals surface area contributed by atoms with Gasteiger partial charge in [-0.3, -0.25) is 9.48 Å². The molecule has 2 heterocycles. The minimum absolute atomic E-state index is 0.00665. The van der Waals surface area contributed by atoms with Crippen LogP contribution >= 0.6 is 11.3 Å². The van der Waals surface area contributed by atoms with Crippen LogP contribution in [0.5, 0.6) is 0 Å². The number of hydrogen-bond donors (Lipinski definition) is 1. The Labute approximate surface area is 158 Å². The summed E-state index contributed by atoms with van der Waals surface area (Å²) in [6, 6.07) is 14.2. The van der Waals surface area contributed by atoms with Crippen molar-refractivity contribution in [3.63, 3.8) is 0 Å². The first-order valence-corrected chi connectivity index (χ1v) is 9.92. The van der Waals surface area contributed by atoms with Crippen LogP contribution in [-0.4, -0.2) is 22.2 Å². The molecule has 5 heteroatoms. The zero-order valence-corrected chi connectivity index (χ0v) is 16.3. The molecule has 0 saturated carbocycles. The third-order valence-electron chi connectivity index (χ3n) is 4.66. The van der Waals surface area contributed by atoms with Crippen LogP contribution in [0, 0.1) is 13.8 Å². The minimum atomic E-state index is -0.125. The smallest absolute Gasteiger partial charge is 0.227 e. The molecule has 1 amide bonds. The molecule has 0 aliphatic heterocycles. The van der Waals surface area contributed by atoms with Gasteiger partial charge >= 0.3 is 0 Å². The molecule has 2 atom stereocenters. The van der Waals surface area contributed by atoms with Gasteiger partial charge in [-0.2, -0.15) is 16.4 Å². The molecule has 0 aliphatic carbocycles. The van der Waals surface area contributed by atoms with Gasteiger partial charge in [0.25, 0.3) is 0 Å². The molecule has 2 aromatic heterocycles. The number of hydrogen-bond acceptors (Lipinski definition) is 3. The van der Waals surface area contributed by atoms with Gasteiger partial charge in [0.1, 0.15) is 0 Å². The maximum absolute atomic E-state index is 12.8. The molecule has 0 fully saturated rings. The Balaban J connectivity index is 1.78. The van der Waals surface area contributed by atoms with E-state index in [1.165, 1.54) is 5.56 Å². The molecule has 1 aromatic carbocycles. The molecule has 0 saturated heterocycles. The van der Waals surface area contributed by atoms with E-state index < -0.39 is 0 Å². The van der Waals surface area contributed by atoms with Gasteiger partial charge in [-0.05, 0) is 54.3 Å². The first-order valence-electron chi connectivity index (χ1n) is 8.97. The Hall–Kier alpha value is -2.40. The lowest BCUT2D eigenvalue weighted by molar-refractivity contribution is -0.122. The number of carbonyl (C=O) groups excluding carboxylic acids is 1. The van der Waals surface area contributed by atoms with E-state index in [4.69, 9.17) is 0 Å². The third kappa shape index (κ3) is 4.05. The van der Waals surface area contributed by atoms with Gasteiger partial charge in [-0.15, -0.1) is 0 Å². The number of benzene rings is 1. The second-order valence-corrected chi connectivity index (χ2v) is 7.34. The van der Waals surface area contributed by atoms with Crippen LogP contribution in [0.25, 0.3) is 0 Å². The van der Waals surface area contributed by atoms with Gasteiger partial charge in [0.05, 0.1) is 17.7 Å². The molecule has 0 aliphatic rings. The number of amides is 1. The Morgan fingerprint density at radius 3 is 2.54 bits per heavy atom. The van der Waals surface area contributed by atoms with Crippen LogP contribution in [0.15, 0.2) is 53.2 Å². The van der Waals surface area contributed by atoms with E-state index in [-0.39, 0.29) is 17.9 Å². The summed E-state index contributed by atoms with van der Waals surface area (Å²) in [5, 5.41) is 12.0. The van der Waals surface area contributed by atoms with E-state index >= 15 is 0 Å². The zero-order valence-electron chi connectivity index (χ0n) is 15.5. The molecule has 0 bridgehead atoms. The number of rotatable bonds is 7. The number of aromatic nitrogens is 2. The lowest BCUT2D eigenvalue weighted by Gasteiger charge is -2.21. The van der Waals surface area contributed by atoms with Gasteiger partial charge < -0.3 is 5.32 Å². The van der Waals surface area contributed by atoms with Crippen molar-refractivity contribution in [3.8, 4) is 0 Å². The van der Waals surface area contributed by atoms with Crippen LogP contribution in [-0.2, 0) is 4.79 Å². The highest BCUT2D eigenvalue weighted by Gasteiger charge is 2.22. The van der Waals surface area contributed by atoms with E-state index in [1.807, 2.05) is 41.9 Å². The van der Waals surface area contributed by atoms with Crippen LogP contribution in [0.4, 0.5) is 0 Å². The second kappa shape index (κ2) is 8.32. The van der Waals surface area contributed by atoms with E-state index in [0.717, 1.165) is 23.4 Å². The summed E-state index contributed by atoms with van der Waals surface area (Å²) < 4.78 is 2.02. The van der Waals surface area contributed by atoms with Gasteiger partial charge in [-0.1, -0.05) is 37.3 Å². The van der Waals surface area contributed by atoms with E-state index in [1.54, 1.807) is 11.3 Å². The highest BCUT2D eigenvalue weighted by molar-refractivity contribution is 7.07. The number of nitrogens with zero attached hydrogens (tertiary/aromatic N) is 2. The van der Waals surface area contributed by atoms with Crippen molar-refractivity contribution >= 4 is 17.2 Å². The first kappa shape index (κ1) is 18.4. The van der Waals surface area contributed by atoms with Crippen molar-refractivity contribution in [1.29, 1.82) is 0 Å². The van der Waals surface area contributed by atoms with Crippen molar-refractivity contribution < 1.29 is 4.79 Å². The lowest BCUT2D eigenvalue weighted by Crippen LogP contribution is -2.35. The molecule has 136 valence electrons. The predicted molar refractivity (Wildman–Crippen MR) is 107 cm³/mol. The summed E-state index contributed by atoms with van der Waals surface area (Å²) in [5.74, 6) is -0.0553. The summed E-state index contributed by atoms with van der Waals surface area (Å²) in [6.07, 6.45) is 0.777. The zero-order chi connectivity index (χ0) is 18.5. The predicted octanol–water partition coefficient (Wildman–Crippen LogP) is 4.46. The standard InChI is InChI=1S/C21H25N3OS/c1-4-19(17-8-6-5-7-9-17)21(25)22-13-20(18-10-11-26-14-18)24-16(3)12-15(2)23-24/h5-12,14,19-20H,4,13H2,1-3H3,(H,22,25)/t19-,20+/m1/s1. The van der Waals surface area contributed by atoms with Crippen LogP contribution in [0.2, 0.25) is 0 Å². The molecule has 1 N–H and O–H groups in total. The Morgan fingerprint density at radius 2 is 1.96 bits per heavy atom. The van der Waals surface area contributed by atoms with Crippen molar-refractivity contribution in [2.45, 2.75) is 39.2 Å². The normalized spacial score (nSPS) is 13.3. The number of thiophene rings is 1. The largest absolute Gasteiger partial charge is 0.353 e. The highest BCUT2D eigenvalue weighted by Crippen LogP contribution is 2.23. The Bertz CT molecular complexity index is 840. The average Bonchev–Trinajstić information content (AvgIpc) is 3.27. The van der Waals surface area contributed by atoms with E-state index in [9.17, 15) is 4.79 Å². The van der Waals surface area contributed by atoms with Crippen molar-refractivity contribution in [3.05, 3.63) is 75.7 Å². The van der Waals surface area contributed by atoms with Crippen molar-refractivity contribution in [2.24, 2.45) is 0 Å². The summed E-state index contributed by atoms with van der Waals surface area (Å²) in [7, 11) is 0. The molecule has 3 aromatic rings. The summed E-state index contributed by atoms with van der Waals surface area (Å²) >= 11 is 1.66. The fourth-order valence-electron chi connectivity index (χ4n) is 3.35. The molecule has 0 spiro atoms. The molecule has 0 unspecified atom stereocenters. The first-order chi connectivity index (χ1) is 12.6. The van der Waals surface area contributed by atoms with E-state index in [2.05, 4.69) is 47.2 Å². The maximum atomic E-state index is 12.8. The third-order valence-corrected chi connectivity index (χ3v) is 5.37. The van der Waals surface area contributed by atoms with E-state index in [0.29, 0.717) is 6.54 Å². The maximum Gasteiger partial charge on any atom is 0.227 e. The van der Waals surface area contributed by atoms with Crippen LogP contribution in [0.1, 0.15) is 47.8 Å². The number of carbonyl (C=O) groups is 1. The quantitative estimate of drug-likeness (QED) is 0.670. The molecular formula is C21H25N3OS. The van der Waals surface area contributed by atoms with Crippen LogP contribution < -0.4 is 5.32 Å². The average molecular weight is 368 g/mol. The van der Waals surface area contributed by atoms with Crippen molar-refractivity contribution in [2.75, 3.05) is 6.54 Å². The minimum Gasteiger partial charge on any atom is -0.353 e. The highest BCUT2D eigenvalue weighted by atomic mass is 32.1. The van der Waals surface area contributed by atoms with Gasteiger partial charge in [0, 0.05) is 12.2 Å². The molecule has 4 nitrogen and oxygen atoms in total. The van der Waals surface area contributed by atoms with Crippen LogP contribution in [0.3, 0.4) is 0 Å². The van der Waals surface area contributed by atoms with Gasteiger partial charge in [0.2, 0.25) is 5.91 Å². The molecule has 26 heavy (non-hydrogen) atoms.